The van der Waals surface area contributed by atoms with Gasteiger partial charge in [0.05, 0.1) is 0 Å². The maximum atomic E-state index is 12.1. The lowest BCUT2D eigenvalue weighted by Gasteiger charge is -2.51. The number of nitrogens with zero attached hydrogens (tertiary/aromatic N) is 1. The maximum absolute atomic E-state index is 12.1. The van der Waals surface area contributed by atoms with Crippen molar-refractivity contribution in [2.75, 3.05) is 0 Å². The smallest absolute Gasteiger partial charge is 0.0446 e. The SMILES string of the molecule is CC(C)C1CC(C)(C)N([O])C(C)(C)C1. The fraction of sp³-hybridized carbons (Fsp3) is 1.00. The molecule has 0 amide bonds. The summed E-state index contributed by atoms with van der Waals surface area (Å²) in [6.45, 7) is 12.8. The number of hydrogen-bond acceptors (Lipinski definition) is 1. The van der Waals surface area contributed by atoms with E-state index in [1.807, 2.05) is 0 Å². The minimum Gasteiger partial charge on any atom is -0.144 e. The summed E-state index contributed by atoms with van der Waals surface area (Å²) < 4.78 is 0. The van der Waals surface area contributed by atoms with Crippen LogP contribution >= 0.6 is 0 Å². The molecule has 2 heteroatoms. The first-order chi connectivity index (χ1) is 6.17. The second-order valence-electron chi connectivity index (χ2n) is 6.33. The van der Waals surface area contributed by atoms with Crippen LogP contribution in [-0.2, 0) is 5.21 Å². The number of rotatable bonds is 1. The van der Waals surface area contributed by atoms with Crippen LogP contribution in [0, 0.1) is 11.8 Å². The average Bonchev–Trinajstić information content (AvgIpc) is 1.98. The fourth-order valence-corrected chi connectivity index (χ4v) is 2.81. The largest absolute Gasteiger partial charge is 0.144 e. The lowest BCUT2D eigenvalue weighted by Crippen LogP contribution is -2.58. The van der Waals surface area contributed by atoms with Gasteiger partial charge < -0.3 is 0 Å². The number of piperidine rings is 1. The van der Waals surface area contributed by atoms with E-state index in [1.165, 1.54) is 5.06 Å². The Morgan fingerprint density at radius 1 is 1.07 bits per heavy atom. The van der Waals surface area contributed by atoms with E-state index in [0.717, 1.165) is 12.8 Å². The van der Waals surface area contributed by atoms with Gasteiger partial charge in [0.1, 0.15) is 0 Å². The van der Waals surface area contributed by atoms with Crippen molar-refractivity contribution >= 4 is 0 Å². The molecule has 1 radical (unpaired) electrons. The van der Waals surface area contributed by atoms with Crippen LogP contribution in [0.5, 0.6) is 0 Å². The summed E-state index contributed by atoms with van der Waals surface area (Å²) in [5, 5.41) is 13.4. The number of hydrogen-bond donors (Lipinski definition) is 0. The van der Waals surface area contributed by atoms with Gasteiger partial charge in [0.25, 0.3) is 0 Å². The monoisotopic (exact) mass is 198 g/mol. The highest BCUT2D eigenvalue weighted by Gasteiger charge is 2.46. The van der Waals surface area contributed by atoms with Gasteiger partial charge in [0.15, 0.2) is 0 Å². The predicted octanol–water partition coefficient (Wildman–Crippen LogP) is 3.26. The highest BCUT2D eigenvalue weighted by molar-refractivity contribution is 4.96. The van der Waals surface area contributed by atoms with Gasteiger partial charge in [-0.3, -0.25) is 0 Å². The summed E-state index contributed by atoms with van der Waals surface area (Å²) in [5.41, 5.74) is -0.395. The molecule has 0 atom stereocenters. The first-order valence-electron chi connectivity index (χ1n) is 5.64. The Hall–Kier alpha value is -0.0800. The Labute approximate surface area is 88.3 Å². The van der Waals surface area contributed by atoms with Crippen LogP contribution in [0.3, 0.4) is 0 Å². The minimum absolute atomic E-state index is 0.198. The second-order valence-corrected chi connectivity index (χ2v) is 6.33. The molecule has 0 aromatic carbocycles. The summed E-state index contributed by atoms with van der Waals surface area (Å²) in [7, 11) is 0. The molecule has 1 fully saturated rings. The van der Waals surface area contributed by atoms with Crippen LogP contribution in [0.1, 0.15) is 54.4 Å². The zero-order chi connectivity index (χ0) is 11.1. The minimum atomic E-state index is -0.198. The third kappa shape index (κ3) is 2.12. The van der Waals surface area contributed by atoms with Gasteiger partial charge in [-0.25, -0.2) is 0 Å². The van der Waals surface area contributed by atoms with Gasteiger partial charge in [0.2, 0.25) is 0 Å². The van der Waals surface area contributed by atoms with Gasteiger partial charge in [-0.15, -0.1) is 10.3 Å². The first kappa shape index (κ1) is 12.0. The van der Waals surface area contributed by atoms with E-state index in [-0.39, 0.29) is 11.1 Å². The Balaban J connectivity index is 2.86. The van der Waals surface area contributed by atoms with Gasteiger partial charge in [-0.1, -0.05) is 13.8 Å². The highest BCUT2D eigenvalue weighted by Crippen LogP contribution is 2.42. The molecule has 1 heterocycles. The van der Waals surface area contributed by atoms with E-state index in [1.54, 1.807) is 0 Å². The molecule has 0 aromatic heterocycles. The summed E-state index contributed by atoms with van der Waals surface area (Å²) in [5.74, 6) is 1.37. The molecule has 0 aliphatic carbocycles. The molecule has 0 spiro atoms. The lowest BCUT2D eigenvalue weighted by molar-refractivity contribution is -0.296. The van der Waals surface area contributed by atoms with E-state index in [9.17, 15) is 5.21 Å². The van der Waals surface area contributed by atoms with Crippen LogP contribution in [-0.4, -0.2) is 16.1 Å². The van der Waals surface area contributed by atoms with Crippen molar-refractivity contribution in [2.24, 2.45) is 11.8 Å². The van der Waals surface area contributed by atoms with Crippen LogP contribution in [0.2, 0.25) is 0 Å². The third-order valence-corrected chi connectivity index (χ3v) is 3.57. The average molecular weight is 198 g/mol. The van der Waals surface area contributed by atoms with Gasteiger partial charge in [-0.2, -0.15) is 0 Å². The molecule has 1 aliphatic heterocycles. The Bertz CT molecular complexity index is 190. The van der Waals surface area contributed by atoms with Crippen molar-refractivity contribution in [2.45, 2.75) is 65.5 Å². The maximum Gasteiger partial charge on any atom is 0.0446 e. The van der Waals surface area contributed by atoms with Crippen molar-refractivity contribution in [1.29, 1.82) is 0 Å². The van der Waals surface area contributed by atoms with Crippen molar-refractivity contribution in [1.82, 2.24) is 5.06 Å². The lowest BCUT2D eigenvalue weighted by atomic mass is 9.71. The van der Waals surface area contributed by atoms with E-state index in [2.05, 4.69) is 41.5 Å². The molecule has 0 unspecified atom stereocenters. The summed E-state index contributed by atoms with van der Waals surface area (Å²) >= 11 is 0. The third-order valence-electron chi connectivity index (χ3n) is 3.57. The van der Waals surface area contributed by atoms with Crippen LogP contribution in [0.25, 0.3) is 0 Å². The van der Waals surface area contributed by atoms with Crippen molar-refractivity contribution in [3.8, 4) is 0 Å². The Morgan fingerprint density at radius 2 is 1.43 bits per heavy atom. The molecule has 14 heavy (non-hydrogen) atoms. The topological polar surface area (TPSA) is 23.1 Å². The Kier molecular flexibility index (Phi) is 2.99. The second kappa shape index (κ2) is 3.49. The molecular weight excluding hydrogens is 174 g/mol. The highest BCUT2D eigenvalue weighted by atomic mass is 16.5. The van der Waals surface area contributed by atoms with Crippen LogP contribution in [0.4, 0.5) is 0 Å². The fourth-order valence-electron chi connectivity index (χ4n) is 2.81. The molecule has 1 aliphatic rings. The van der Waals surface area contributed by atoms with Crippen molar-refractivity contribution < 1.29 is 5.21 Å². The molecule has 0 N–H and O–H groups in total. The van der Waals surface area contributed by atoms with Crippen molar-refractivity contribution in [3.05, 3.63) is 0 Å². The molecule has 0 aromatic rings. The normalized spacial score (nSPS) is 28.3. The predicted molar refractivity (Wildman–Crippen MR) is 58.2 cm³/mol. The first-order valence-corrected chi connectivity index (χ1v) is 5.64. The molecule has 1 rings (SSSR count). The standard InChI is InChI=1S/C12H24NO/c1-9(2)10-7-11(3,4)13(14)12(5,6)8-10/h9-10H,7-8H2,1-6H3. The molecule has 1 saturated heterocycles. The molecule has 0 bridgehead atoms. The van der Waals surface area contributed by atoms with E-state index in [0.29, 0.717) is 11.8 Å². The molecule has 83 valence electrons. The van der Waals surface area contributed by atoms with Gasteiger partial charge in [0, 0.05) is 11.1 Å². The van der Waals surface area contributed by atoms with Crippen LogP contribution in [0.15, 0.2) is 0 Å². The van der Waals surface area contributed by atoms with Crippen molar-refractivity contribution in [3.63, 3.8) is 0 Å². The zero-order valence-electron chi connectivity index (χ0n) is 10.4. The quantitative estimate of drug-likeness (QED) is 0.634. The molecular formula is C12H24NO. The van der Waals surface area contributed by atoms with E-state index >= 15 is 0 Å². The zero-order valence-corrected chi connectivity index (χ0v) is 10.4. The number of hydroxylamine groups is 2. The summed E-state index contributed by atoms with van der Waals surface area (Å²) in [6, 6.07) is 0. The van der Waals surface area contributed by atoms with E-state index in [4.69, 9.17) is 0 Å². The molecule has 2 nitrogen and oxygen atoms in total. The van der Waals surface area contributed by atoms with Crippen LogP contribution < -0.4 is 0 Å². The van der Waals surface area contributed by atoms with Gasteiger partial charge in [-0.05, 0) is 52.4 Å². The van der Waals surface area contributed by atoms with Gasteiger partial charge >= 0.3 is 0 Å². The Morgan fingerprint density at radius 3 is 1.71 bits per heavy atom. The summed E-state index contributed by atoms with van der Waals surface area (Å²) in [6.07, 6.45) is 2.05. The molecule has 0 saturated carbocycles. The van der Waals surface area contributed by atoms with E-state index < -0.39 is 0 Å². The summed E-state index contributed by atoms with van der Waals surface area (Å²) in [4.78, 5) is 0.